The third kappa shape index (κ3) is 3.30. The topological polar surface area (TPSA) is 41.0 Å². The summed E-state index contributed by atoms with van der Waals surface area (Å²) in [6, 6.07) is 1.84. The highest BCUT2D eigenvalue weighted by Crippen LogP contribution is 2.04. The summed E-state index contributed by atoms with van der Waals surface area (Å²) in [7, 11) is 1.95. The molecule has 0 unspecified atom stereocenters. The summed E-state index contributed by atoms with van der Waals surface area (Å²) in [4.78, 5) is 10.7. The minimum absolute atomic E-state index is 0.824. The number of aromatic nitrogens is 2. The van der Waals surface area contributed by atoms with Crippen molar-refractivity contribution < 1.29 is 0 Å². The zero-order chi connectivity index (χ0) is 10.2. The van der Waals surface area contributed by atoms with Crippen LogP contribution < -0.4 is 10.2 Å². The van der Waals surface area contributed by atoms with E-state index in [1.54, 1.807) is 12.4 Å². The Kier molecular flexibility index (Phi) is 4.93. The first-order valence-corrected chi connectivity index (χ1v) is 5.05. The summed E-state index contributed by atoms with van der Waals surface area (Å²) in [5.74, 6) is 0.824. The monoisotopic (exact) mass is 194 g/mol. The van der Waals surface area contributed by atoms with Gasteiger partial charge in [0.1, 0.15) is 0 Å². The zero-order valence-corrected chi connectivity index (χ0v) is 8.90. The van der Waals surface area contributed by atoms with Crippen LogP contribution in [-0.4, -0.2) is 36.6 Å². The van der Waals surface area contributed by atoms with Gasteiger partial charge < -0.3 is 10.2 Å². The highest BCUT2D eigenvalue weighted by molar-refractivity contribution is 5.27. The zero-order valence-electron chi connectivity index (χ0n) is 8.90. The Morgan fingerprint density at radius 3 is 2.57 bits per heavy atom. The molecule has 0 aromatic carbocycles. The molecule has 0 atom stereocenters. The van der Waals surface area contributed by atoms with Crippen molar-refractivity contribution in [1.29, 1.82) is 0 Å². The molecule has 0 aliphatic heterocycles. The van der Waals surface area contributed by atoms with Gasteiger partial charge in [0.15, 0.2) is 0 Å². The lowest BCUT2D eigenvalue weighted by Gasteiger charge is -2.21. The van der Waals surface area contributed by atoms with Gasteiger partial charge >= 0.3 is 0 Å². The molecule has 1 heterocycles. The summed E-state index contributed by atoms with van der Waals surface area (Å²) >= 11 is 0. The van der Waals surface area contributed by atoms with E-state index in [1.165, 1.54) is 0 Å². The molecular formula is C10H18N4. The summed E-state index contributed by atoms with van der Waals surface area (Å²) in [5, 5.41) is 3.13. The lowest BCUT2D eigenvalue weighted by atomic mass is 10.4. The predicted molar refractivity (Wildman–Crippen MR) is 58.5 cm³/mol. The highest BCUT2D eigenvalue weighted by Gasteiger charge is 2.05. The first-order valence-electron chi connectivity index (χ1n) is 5.05. The van der Waals surface area contributed by atoms with Crippen LogP contribution in [0.4, 0.5) is 5.95 Å². The summed E-state index contributed by atoms with van der Waals surface area (Å²) in [6.45, 7) is 5.08. The molecule has 0 saturated carbocycles. The van der Waals surface area contributed by atoms with Crippen molar-refractivity contribution in [3.8, 4) is 0 Å². The quantitative estimate of drug-likeness (QED) is 0.731. The van der Waals surface area contributed by atoms with Crippen LogP contribution >= 0.6 is 0 Å². The van der Waals surface area contributed by atoms with Gasteiger partial charge in [-0.1, -0.05) is 6.92 Å². The van der Waals surface area contributed by atoms with Gasteiger partial charge in [0.05, 0.1) is 0 Å². The smallest absolute Gasteiger partial charge is 0.225 e. The molecule has 0 amide bonds. The van der Waals surface area contributed by atoms with Gasteiger partial charge in [-0.15, -0.1) is 0 Å². The molecule has 1 N–H and O–H groups in total. The molecule has 1 aromatic rings. The van der Waals surface area contributed by atoms with Crippen LogP contribution in [0.5, 0.6) is 0 Å². The molecule has 0 spiro atoms. The van der Waals surface area contributed by atoms with Gasteiger partial charge in [-0.25, -0.2) is 9.97 Å². The molecule has 0 bridgehead atoms. The molecule has 14 heavy (non-hydrogen) atoms. The summed E-state index contributed by atoms with van der Waals surface area (Å²) < 4.78 is 0. The van der Waals surface area contributed by atoms with Crippen LogP contribution in [0, 0.1) is 0 Å². The average molecular weight is 194 g/mol. The second kappa shape index (κ2) is 6.32. The van der Waals surface area contributed by atoms with Gasteiger partial charge in [-0.2, -0.15) is 0 Å². The van der Waals surface area contributed by atoms with E-state index in [-0.39, 0.29) is 0 Å². The Hall–Kier alpha value is -1.16. The van der Waals surface area contributed by atoms with Gasteiger partial charge in [0.25, 0.3) is 0 Å². The number of nitrogens with one attached hydrogen (secondary N) is 1. The maximum atomic E-state index is 4.24. The van der Waals surface area contributed by atoms with Crippen LogP contribution in [0.15, 0.2) is 18.5 Å². The fourth-order valence-corrected chi connectivity index (χ4v) is 1.28. The van der Waals surface area contributed by atoms with E-state index in [0.29, 0.717) is 0 Å². The molecule has 4 nitrogen and oxygen atoms in total. The van der Waals surface area contributed by atoms with Crippen LogP contribution in [0.2, 0.25) is 0 Å². The van der Waals surface area contributed by atoms with Crippen molar-refractivity contribution in [3.05, 3.63) is 18.5 Å². The Morgan fingerprint density at radius 2 is 2.00 bits per heavy atom. The number of anilines is 1. The summed E-state index contributed by atoms with van der Waals surface area (Å²) in [5.41, 5.74) is 0. The van der Waals surface area contributed by atoms with Crippen LogP contribution in [0.3, 0.4) is 0 Å². The van der Waals surface area contributed by atoms with Gasteiger partial charge in [0.2, 0.25) is 5.95 Å². The predicted octanol–water partition coefficient (Wildman–Crippen LogP) is 0.912. The Balaban J connectivity index is 2.58. The van der Waals surface area contributed by atoms with Crippen LogP contribution in [0.25, 0.3) is 0 Å². The molecular weight excluding hydrogens is 176 g/mol. The van der Waals surface area contributed by atoms with E-state index in [0.717, 1.165) is 32.0 Å². The van der Waals surface area contributed by atoms with Gasteiger partial charge in [-0.3, -0.25) is 0 Å². The lowest BCUT2D eigenvalue weighted by Crippen LogP contribution is -2.32. The summed E-state index contributed by atoms with van der Waals surface area (Å²) in [6.07, 6.45) is 4.68. The molecule has 0 radical (unpaired) electrons. The second-order valence-corrected chi connectivity index (χ2v) is 3.14. The third-order valence-corrected chi connectivity index (χ3v) is 1.96. The van der Waals surface area contributed by atoms with E-state index in [1.807, 2.05) is 13.1 Å². The Labute approximate surface area is 85.4 Å². The number of rotatable bonds is 6. The molecule has 4 heteroatoms. The van der Waals surface area contributed by atoms with Crippen LogP contribution in [0.1, 0.15) is 13.3 Å². The van der Waals surface area contributed by atoms with Crippen molar-refractivity contribution in [2.45, 2.75) is 13.3 Å². The maximum Gasteiger partial charge on any atom is 0.225 e. The molecule has 0 aliphatic rings. The fourth-order valence-electron chi connectivity index (χ4n) is 1.28. The first-order chi connectivity index (χ1) is 6.88. The SMILES string of the molecule is CCCN(CCNC)c1ncccn1. The number of hydrogen-bond donors (Lipinski definition) is 1. The Morgan fingerprint density at radius 1 is 1.29 bits per heavy atom. The highest BCUT2D eigenvalue weighted by atomic mass is 15.2. The van der Waals surface area contributed by atoms with Crippen molar-refractivity contribution in [3.63, 3.8) is 0 Å². The average Bonchev–Trinajstić information content (AvgIpc) is 2.25. The third-order valence-electron chi connectivity index (χ3n) is 1.96. The molecule has 1 rings (SSSR count). The van der Waals surface area contributed by atoms with E-state index in [9.17, 15) is 0 Å². The molecule has 0 fully saturated rings. The van der Waals surface area contributed by atoms with Crippen molar-refractivity contribution >= 4 is 5.95 Å². The van der Waals surface area contributed by atoms with E-state index < -0.39 is 0 Å². The van der Waals surface area contributed by atoms with Crippen molar-refractivity contribution in [1.82, 2.24) is 15.3 Å². The Bertz CT molecular complexity index is 237. The molecule has 1 aromatic heterocycles. The molecule has 0 saturated heterocycles. The standard InChI is InChI=1S/C10H18N4/c1-3-8-14(9-7-11-2)10-12-5-4-6-13-10/h4-6,11H,3,7-9H2,1-2H3. The number of nitrogens with zero attached hydrogens (tertiary/aromatic N) is 3. The van der Waals surface area contributed by atoms with E-state index in [4.69, 9.17) is 0 Å². The van der Waals surface area contributed by atoms with Gasteiger partial charge in [0, 0.05) is 32.0 Å². The first kappa shape index (κ1) is 10.9. The van der Waals surface area contributed by atoms with Crippen molar-refractivity contribution in [2.75, 3.05) is 31.6 Å². The van der Waals surface area contributed by atoms with Crippen molar-refractivity contribution in [2.24, 2.45) is 0 Å². The van der Waals surface area contributed by atoms with E-state index in [2.05, 4.69) is 27.1 Å². The lowest BCUT2D eigenvalue weighted by molar-refractivity contribution is 0.693. The molecule has 78 valence electrons. The number of hydrogen-bond acceptors (Lipinski definition) is 4. The minimum atomic E-state index is 0.824. The number of likely N-dealkylation sites (N-methyl/N-ethyl adjacent to an activating group) is 1. The second-order valence-electron chi connectivity index (χ2n) is 3.14. The fraction of sp³-hybridized carbons (Fsp3) is 0.600. The maximum absolute atomic E-state index is 4.24. The minimum Gasteiger partial charge on any atom is -0.340 e. The van der Waals surface area contributed by atoms with Gasteiger partial charge in [-0.05, 0) is 19.5 Å². The normalized spacial score (nSPS) is 10.1. The van der Waals surface area contributed by atoms with E-state index >= 15 is 0 Å². The molecule has 0 aliphatic carbocycles. The largest absolute Gasteiger partial charge is 0.340 e. The van der Waals surface area contributed by atoms with Crippen LogP contribution in [-0.2, 0) is 0 Å².